The third-order valence-corrected chi connectivity index (χ3v) is 3.58. The summed E-state index contributed by atoms with van der Waals surface area (Å²) in [4.78, 5) is 15.8. The van der Waals surface area contributed by atoms with Crippen LogP contribution in [0, 0.1) is 0 Å². The maximum absolute atomic E-state index is 11.4. The first kappa shape index (κ1) is 13.7. The van der Waals surface area contributed by atoms with E-state index in [-0.39, 0.29) is 6.04 Å². The Kier molecular flexibility index (Phi) is 3.95. The van der Waals surface area contributed by atoms with Crippen LogP contribution in [0.4, 0.5) is 5.69 Å². The molecule has 2 rings (SSSR count). The first-order chi connectivity index (χ1) is 9.02. The normalized spacial score (nSPS) is 20.4. The lowest BCUT2D eigenvalue weighted by Gasteiger charge is -2.40. The summed E-state index contributed by atoms with van der Waals surface area (Å²) in [5.74, 6) is -0.213. The molecule has 1 aliphatic heterocycles. The van der Waals surface area contributed by atoms with Crippen molar-refractivity contribution in [3.63, 3.8) is 0 Å². The summed E-state index contributed by atoms with van der Waals surface area (Å²) in [6.45, 7) is 4.79. The van der Waals surface area contributed by atoms with Crippen LogP contribution in [0.15, 0.2) is 18.2 Å². The minimum Gasteiger partial charge on any atom is -0.497 e. The fourth-order valence-electron chi connectivity index (χ4n) is 2.55. The molecule has 19 heavy (non-hydrogen) atoms. The van der Waals surface area contributed by atoms with Gasteiger partial charge in [-0.3, -0.25) is 0 Å². The Morgan fingerprint density at radius 2 is 2.16 bits per heavy atom. The van der Waals surface area contributed by atoms with Crippen LogP contribution < -0.4 is 9.64 Å². The molecule has 5 nitrogen and oxygen atoms in total. The van der Waals surface area contributed by atoms with E-state index in [1.807, 2.05) is 6.07 Å². The summed E-state index contributed by atoms with van der Waals surface area (Å²) in [5.41, 5.74) is 1.07. The second kappa shape index (κ2) is 5.48. The van der Waals surface area contributed by atoms with Gasteiger partial charge in [0.25, 0.3) is 0 Å². The molecule has 1 heterocycles. The van der Waals surface area contributed by atoms with Crippen LogP contribution in [0.3, 0.4) is 0 Å². The smallest absolute Gasteiger partial charge is 0.337 e. The average molecular weight is 264 g/mol. The highest BCUT2D eigenvalue weighted by molar-refractivity contribution is 5.95. The molecule has 0 aliphatic carbocycles. The first-order valence-electron chi connectivity index (χ1n) is 6.39. The number of methoxy groups -OCH3 is 1. The third kappa shape index (κ3) is 2.81. The van der Waals surface area contributed by atoms with Crippen molar-refractivity contribution in [3.05, 3.63) is 23.8 Å². The Morgan fingerprint density at radius 1 is 1.42 bits per heavy atom. The molecule has 1 aliphatic rings. The van der Waals surface area contributed by atoms with Crippen molar-refractivity contribution >= 4 is 11.7 Å². The van der Waals surface area contributed by atoms with Gasteiger partial charge in [-0.15, -0.1) is 0 Å². The number of nitrogens with zero attached hydrogens (tertiary/aromatic N) is 2. The molecule has 1 atom stereocenters. The number of anilines is 1. The number of hydrogen-bond donors (Lipinski definition) is 1. The van der Waals surface area contributed by atoms with E-state index < -0.39 is 5.97 Å². The number of carboxylic acids is 1. The number of benzene rings is 1. The Balaban J connectivity index is 2.38. The number of aromatic carboxylic acids is 1. The van der Waals surface area contributed by atoms with Crippen LogP contribution in [0.2, 0.25) is 0 Å². The zero-order valence-electron chi connectivity index (χ0n) is 11.6. The largest absolute Gasteiger partial charge is 0.497 e. The molecule has 0 saturated carbocycles. The van der Waals surface area contributed by atoms with Crippen molar-refractivity contribution in [2.45, 2.75) is 13.0 Å². The Bertz CT molecular complexity index is 476. The molecule has 1 saturated heterocycles. The molecule has 0 aromatic heterocycles. The predicted molar refractivity (Wildman–Crippen MR) is 74.3 cm³/mol. The van der Waals surface area contributed by atoms with Crippen LogP contribution >= 0.6 is 0 Å². The molecule has 0 radical (unpaired) electrons. The van der Waals surface area contributed by atoms with Crippen molar-refractivity contribution < 1.29 is 14.6 Å². The van der Waals surface area contributed by atoms with Gasteiger partial charge in [-0.05, 0) is 26.1 Å². The van der Waals surface area contributed by atoms with Crippen LogP contribution in [0.1, 0.15) is 17.3 Å². The number of carbonyl (C=O) groups is 1. The first-order valence-corrected chi connectivity index (χ1v) is 6.39. The van der Waals surface area contributed by atoms with E-state index in [4.69, 9.17) is 4.74 Å². The van der Waals surface area contributed by atoms with Crippen molar-refractivity contribution in [1.82, 2.24) is 4.90 Å². The summed E-state index contributed by atoms with van der Waals surface area (Å²) >= 11 is 0. The highest BCUT2D eigenvalue weighted by Crippen LogP contribution is 2.29. The molecule has 0 bridgehead atoms. The van der Waals surface area contributed by atoms with Gasteiger partial charge in [-0.25, -0.2) is 4.79 Å². The quantitative estimate of drug-likeness (QED) is 0.897. The van der Waals surface area contributed by atoms with Gasteiger partial charge in [0.05, 0.1) is 18.4 Å². The molecule has 1 fully saturated rings. The fourth-order valence-corrected chi connectivity index (χ4v) is 2.55. The molecular weight excluding hydrogens is 244 g/mol. The fraction of sp³-hybridized carbons (Fsp3) is 0.500. The van der Waals surface area contributed by atoms with Gasteiger partial charge in [0.15, 0.2) is 0 Å². The average Bonchev–Trinajstić information content (AvgIpc) is 2.38. The van der Waals surface area contributed by atoms with Gasteiger partial charge in [0.2, 0.25) is 0 Å². The summed E-state index contributed by atoms with van der Waals surface area (Å²) < 4.78 is 5.21. The van der Waals surface area contributed by atoms with Crippen molar-refractivity contribution in [1.29, 1.82) is 0 Å². The number of hydrogen-bond acceptors (Lipinski definition) is 4. The lowest BCUT2D eigenvalue weighted by atomic mass is 10.1. The Hall–Kier alpha value is -1.75. The summed E-state index contributed by atoms with van der Waals surface area (Å²) in [6.07, 6.45) is 0. The number of rotatable bonds is 3. The highest BCUT2D eigenvalue weighted by atomic mass is 16.5. The summed E-state index contributed by atoms with van der Waals surface area (Å²) in [6, 6.07) is 5.39. The molecule has 0 spiro atoms. The predicted octanol–water partition coefficient (Wildman–Crippen LogP) is 1.53. The van der Waals surface area contributed by atoms with Gasteiger partial charge < -0.3 is 19.6 Å². The monoisotopic (exact) mass is 264 g/mol. The van der Waals surface area contributed by atoms with Gasteiger partial charge in [0.1, 0.15) is 5.75 Å². The van der Waals surface area contributed by atoms with E-state index in [1.165, 1.54) is 0 Å². The number of likely N-dealkylation sites (N-methyl/N-ethyl adjacent to an activating group) is 1. The van der Waals surface area contributed by atoms with E-state index in [0.29, 0.717) is 11.3 Å². The van der Waals surface area contributed by atoms with E-state index >= 15 is 0 Å². The molecule has 1 N–H and O–H groups in total. The zero-order valence-corrected chi connectivity index (χ0v) is 11.6. The summed E-state index contributed by atoms with van der Waals surface area (Å²) in [5, 5.41) is 9.32. The Morgan fingerprint density at radius 3 is 2.74 bits per heavy atom. The molecule has 5 heteroatoms. The number of ether oxygens (including phenoxy) is 1. The second-order valence-corrected chi connectivity index (χ2v) is 4.99. The minimum absolute atomic E-state index is 0.281. The molecular formula is C14H20N2O3. The van der Waals surface area contributed by atoms with Crippen LogP contribution in [0.5, 0.6) is 5.75 Å². The highest BCUT2D eigenvalue weighted by Gasteiger charge is 2.25. The van der Waals surface area contributed by atoms with E-state index in [9.17, 15) is 9.90 Å². The molecule has 104 valence electrons. The van der Waals surface area contributed by atoms with E-state index in [1.54, 1.807) is 19.2 Å². The maximum Gasteiger partial charge on any atom is 0.337 e. The number of piperazine rings is 1. The van der Waals surface area contributed by atoms with E-state index in [2.05, 4.69) is 23.8 Å². The molecule has 1 aromatic rings. The number of carboxylic acid groups (broad SMARTS) is 1. The third-order valence-electron chi connectivity index (χ3n) is 3.58. The minimum atomic E-state index is -0.899. The molecule has 1 unspecified atom stereocenters. The van der Waals surface area contributed by atoms with Gasteiger partial charge in [0, 0.05) is 31.7 Å². The van der Waals surface area contributed by atoms with Gasteiger partial charge in [-0.1, -0.05) is 0 Å². The van der Waals surface area contributed by atoms with Crippen LogP contribution in [-0.2, 0) is 0 Å². The molecule has 1 aromatic carbocycles. The van der Waals surface area contributed by atoms with Crippen molar-refractivity contribution in [2.75, 3.05) is 38.7 Å². The second-order valence-electron chi connectivity index (χ2n) is 4.99. The maximum atomic E-state index is 11.4. The van der Waals surface area contributed by atoms with Crippen molar-refractivity contribution in [3.8, 4) is 5.75 Å². The lowest BCUT2D eigenvalue weighted by Crippen LogP contribution is -2.51. The van der Waals surface area contributed by atoms with Crippen molar-refractivity contribution in [2.24, 2.45) is 0 Å². The summed E-state index contributed by atoms with van der Waals surface area (Å²) in [7, 11) is 3.67. The van der Waals surface area contributed by atoms with Crippen LogP contribution in [-0.4, -0.2) is 55.8 Å². The van der Waals surface area contributed by atoms with Crippen LogP contribution in [0.25, 0.3) is 0 Å². The topological polar surface area (TPSA) is 53.0 Å². The van der Waals surface area contributed by atoms with E-state index in [0.717, 1.165) is 25.3 Å². The molecule has 0 amide bonds. The SMILES string of the molecule is COc1ccc(C(=O)O)c(N2CCN(C)CC2C)c1. The standard InChI is InChI=1S/C14H20N2O3/c1-10-9-15(2)6-7-16(10)13-8-11(19-3)4-5-12(13)14(17)18/h4-5,8,10H,6-7,9H2,1-3H3,(H,17,18). The Labute approximate surface area is 113 Å². The lowest BCUT2D eigenvalue weighted by molar-refractivity contribution is 0.0697. The van der Waals surface area contributed by atoms with Gasteiger partial charge in [-0.2, -0.15) is 0 Å². The van der Waals surface area contributed by atoms with Gasteiger partial charge >= 0.3 is 5.97 Å². The zero-order chi connectivity index (χ0) is 14.0.